The first-order valence-electron chi connectivity index (χ1n) is 15.5. The lowest BCUT2D eigenvalue weighted by Gasteiger charge is -2.34. The van der Waals surface area contributed by atoms with Crippen molar-refractivity contribution >= 4 is 45.4 Å². The van der Waals surface area contributed by atoms with Gasteiger partial charge in [0.25, 0.3) is 0 Å². The van der Waals surface area contributed by atoms with Crippen LogP contribution in [0.2, 0.25) is 0 Å². The summed E-state index contributed by atoms with van der Waals surface area (Å²) in [5, 5.41) is 0. The molecule has 5 aromatic carbocycles. The molecule has 0 fully saturated rings. The number of hydrogen-bond donors (Lipinski definition) is 0. The van der Waals surface area contributed by atoms with E-state index < -0.39 is 0 Å². The third-order valence-corrected chi connectivity index (χ3v) is 9.42. The number of rotatable bonds is 3. The smallest absolute Gasteiger partial charge is 0.0665 e. The number of hydrogen-bond acceptors (Lipinski definition) is 3. The van der Waals surface area contributed by atoms with Crippen LogP contribution in [0, 0.1) is 5.92 Å². The van der Waals surface area contributed by atoms with Crippen molar-refractivity contribution in [1.82, 2.24) is 0 Å². The van der Waals surface area contributed by atoms with E-state index in [-0.39, 0.29) is 12.0 Å². The molecule has 0 aromatic heterocycles. The summed E-state index contributed by atoms with van der Waals surface area (Å²) in [4.78, 5) is 10.1. The highest BCUT2D eigenvalue weighted by Crippen LogP contribution is 2.56. The van der Waals surface area contributed by atoms with Crippen LogP contribution in [0.1, 0.15) is 28.7 Å². The van der Waals surface area contributed by atoms with Gasteiger partial charge in [0, 0.05) is 34.1 Å². The van der Waals surface area contributed by atoms with Crippen LogP contribution in [0.4, 0.5) is 28.4 Å². The molecule has 0 saturated heterocycles. The van der Waals surface area contributed by atoms with E-state index in [0.717, 1.165) is 29.9 Å². The van der Waals surface area contributed by atoms with E-state index in [1.165, 1.54) is 50.6 Å². The molecule has 3 heteroatoms. The number of allylic oxidation sites excluding steroid dienone is 2. The molecule has 0 bridgehead atoms. The van der Waals surface area contributed by atoms with Crippen LogP contribution in [-0.2, 0) is 6.42 Å². The number of aliphatic imine (C=N–C) groups is 1. The maximum absolute atomic E-state index is 5.11. The van der Waals surface area contributed by atoms with Crippen molar-refractivity contribution in [3.05, 3.63) is 174 Å². The largest absolute Gasteiger partial charge is 0.333 e. The summed E-state index contributed by atoms with van der Waals surface area (Å²) in [6.45, 7) is 0. The predicted molar refractivity (Wildman–Crippen MR) is 183 cm³/mol. The van der Waals surface area contributed by atoms with E-state index >= 15 is 0 Å². The highest BCUT2D eigenvalue weighted by atomic mass is 15.2. The molecule has 210 valence electrons. The Morgan fingerprint density at radius 2 is 1.30 bits per heavy atom. The summed E-state index contributed by atoms with van der Waals surface area (Å²) in [6, 6.07) is 46.5. The zero-order valence-corrected chi connectivity index (χ0v) is 24.3. The molecule has 9 rings (SSSR count). The zero-order valence-electron chi connectivity index (χ0n) is 24.3. The second-order valence-electron chi connectivity index (χ2n) is 11.9. The van der Waals surface area contributed by atoms with Crippen molar-refractivity contribution in [3.63, 3.8) is 0 Å². The molecule has 3 nitrogen and oxygen atoms in total. The van der Waals surface area contributed by atoms with Crippen LogP contribution in [0.15, 0.2) is 157 Å². The first-order chi connectivity index (χ1) is 21.8. The monoisotopic (exact) mass is 565 g/mol. The van der Waals surface area contributed by atoms with Crippen molar-refractivity contribution in [2.45, 2.75) is 18.9 Å². The van der Waals surface area contributed by atoms with Crippen molar-refractivity contribution in [1.29, 1.82) is 0 Å². The number of benzene rings is 5. The minimum absolute atomic E-state index is 0.218. The first-order valence-corrected chi connectivity index (χ1v) is 15.5. The molecule has 3 aliphatic heterocycles. The first kappa shape index (κ1) is 25.1. The lowest BCUT2D eigenvalue weighted by molar-refractivity contribution is 0.715. The van der Waals surface area contributed by atoms with E-state index in [4.69, 9.17) is 4.99 Å². The van der Waals surface area contributed by atoms with Crippen LogP contribution in [0.25, 0.3) is 11.3 Å². The molecule has 5 aromatic rings. The van der Waals surface area contributed by atoms with Gasteiger partial charge in [0.15, 0.2) is 0 Å². The molecule has 0 amide bonds. The van der Waals surface area contributed by atoms with Crippen LogP contribution in [0.3, 0.4) is 0 Å². The third-order valence-electron chi connectivity index (χ3n) is 9.42. The Kier molecular flexibility index (Phi) is 5.77. The minimum atomic E-state index is 0.218. The maximum Gasteiger partial charge on any atom is 0.0665 e. The van der Waals surface area contributed by atoms with Gasteiger partial charge in [-0.15, -0.1) is 0 Å². The van der Waals surface area contributed by atoms with Gasteiger partial charge in [0.05, 0.1) is 28.8 Å². The topological polar surface area (TPSA) is 18.8 Å². The molecule has 1 aliphatic carbocycles. The van der Waals surface area contributed by atoms with Gasteiger partial charge in [-0.2, -0.15) is 0 Å². The quantitative estimate of drug-likeness (QED) is 0.217. The Morgan fingerprint density at radius 3 is 2.18 bits per heavy atom. The summed E-state index contributed by atoms with van der Waals surface area (Å²) in [5.41, 5.74) is 14.7. The number of para-hydroxylation sites is 4. The van der Waals surface area contributed by atoms with Crippen molar-refractivity contribution < 1.29 is 0 Å². The standard InChI is InChI=1S/C41H31N3/c1-2-15-30(16-3-1)44-38-23-10-6-19-33(38)40-32-18-5-9-22-37(32)43(39-24-11-7-20-34(39)41(40)44)31-17-12-14-29(27-31)36-26-25-28-13-4-8-21-35(28)42-36/h1-24,27,33,38H,25-26H2. The van der Waals surface area contributed by atoms with Gasteiger partial charge in [-0.3, -0.25) is 4.99 Å². The molecule has 0 spiro atoms. The Morgan fingerprint density at radius 1 is 0.591 bits per heavy atom. The molecule has 2 atom stereocenters. The van der Waals surface area contributed by atoms with E-state index in [2.05, 4.69) is 161 Å². The second-order valence-corrected chi connectivity index (χ2v) is 11.9. The number of aryl methyl sites for hydroxylation is 1. The summed E-state index contributed by atoms with van der Waals surface area (Å²) < 4.78 is 0. The maximum atomic E-state index is 5.11. The van der Waals surface area contributed by atoms with Crippen LogP contribution < -0.4 is 9.80 Å². The van der Waals surface area contributed by atoms with Gasteiger partial charge in [-0.25, -0.2) is 0 Å². The molecular weight excluding hydrogens is 534 g/mol. The van der Waals surface area contributed by atoms with Crippen LogP contribution in [0.5, 0.6) is 0 Å². The highest BCUT2D eigenvalue weighted by Gasteiger charge is 2.44. The molecular formula is C41H31N3. The fourth-order valence-corrected chi connectivity index (χ4v) is 7.51. The van der Waals surface area contributed by atoms with E-state index in [1.807, 2.05) is 0 Å². The van der Waals surface area contributed by atoms with Crippen LogP contribution in [-0.4, -0.2) is 11.8 Å². The third kappa shape index (κ3) is 3.86. The van der Waals surface area contributed by atoms with Gasteiger partial charge in [0.2, 0.25) is 0 Å². The molecule has 44 heavy (non-hydrogen) atoms. The Labute approximate surface area is 258 Å². The average Bonchev–Trinajstić information content (AvgIpc) is 3.38. The molecule has 0 radical (unpaired) electrons. The van der Waals surface area contributed by atoms with E-state index in [0.29, 0.717) is 0 Å². The SMILES string of the molecule is C1=CC2C3=C(c4ccccc4N(c4cccc(C5=Nc6ccccc6CC5)c4)c4ccccc43)N(c3ccccc3)C2C=C1. The van der Waals surface area contributed by atoms with Gasteiger partial charge in [-0.05, 0) is 72.0 Å². The van der Waals surface area contributed by atoms with Gasteiger partial charge < -0.3 is 9.80 Å². The summed E-state index contributed by atoms with van der Waals surface area (Å²) >= 11 is 0. The van der Waals surface area contributed by atoms with Crippen molar-refractivity contribution in [2.24, 2.45) is 10.9 Å². The lowest BCUT2D eigenvalue weighted by Crippen LogP contribution is -2.33. The fraction of sp³-hybridized carbons (Fsp3) is 0.0976. The average molecular weight is 566 g/mol. The van der Waals surface area contributed by atoms with Crippen molar-refractivity contribution in [2.75, 3.05) is 9.80 Å². The predicted octanol–water partition coefficient (Wildman–Crippen LogP) is 10.0. The van der Waals surface area contributed by atoms with Crippen molar-refractivity contribution in [3.8, 4) is 0 Å². The zero-order chi connectivity index (χ0) is 29.0. The summed E-state index contributed by atoms with van der Waals surface area (Å²) in [7, 11) is 0. The molecule has 4 aliphatic rings. The molecule has 0 N–H and O–H groups in total. The van der Waals surface area contributed by atoms with Gasteiger partial charge in [0.1, 0.15) is 0 Å². The minimum Gasteiger partial charge on any atom is -0.333 e. The van der Waals surface area contributed by atoms with E-state index in [9.17, 15) is 0 Å². The van der Waals surface area contributed by atoms with Gasteiger partial charge in [-0.1, -0.05) is 109 Å². The van der Waals surface area contributed by atoms with Gasteiger partial charge >= 0.3 is 0 Å². The Balaban J connectivity index is 1.26. The lowest BCUT2D eigenvalue weighted by atomic mass is 9.85. The normalized spacial score (nSPS) is 19.4. The Hall–Kier alpha value is -5.41. The molecule has 3 heterocycles. The number of fused-ring (bicyclic) bond motifs is 7. The number of anilines is 4. The number of nitrogens with zero attached hydrogens (tertiary/aromatic N) is 3. The summed E-state index contributed by atoms with van der Waals surface area (Å²) in [5.74, 6) is 0.243. The highest BCUT2D eigenvalue weighted by molar-refractivity contribution is 6.11. The Bertz CT molecular complexity index is 2050. The van der Waals surface area contributed by atoms with Crippen LogP contribution >= 0.6 is 0 Å². The molecule has 0 saturated carbocycles. The molecule has 2 unspecified atom stereocenters. The fourth-order valence-electron chi connectivity index (χ4n) is 7.51. The second kappa shape index (κ2) is 10.1. The summed E-state index contributed by atoms with van der Waals surface area (Å²) in [6.07, 6.45) is 11.1. The van der Waals surface area contributed by atoms with E-state index in [1.54, 1.807) is 0 Å².